The first kappa shape index (κ1) is 16.5. The van der Waals surface area contributed by atoms with Crippen LogP contribution in [-0.2, 0) is 0 Å². The van der Waals surface area contributed by atoms with E-state index in [9.17, 15) is 4.79 Å². The predicted octanol–water partition coefficient (Wildman–Crippen LogP) is 1.15. The SMILES string of the molecule is CC(C)COc1cccc(C(=O)N(CCO)CCO)c1. The number of hydrogen-bond donors (Lipinski definition) is 2. The van der Waals surface area contributed by atoms with E-state index in [1.165, 1.54) is 4.90 Å². The van der Waals surface area contributed by atoms with E-state index in [-0.39, 0.29) is 32.2 Å². The number of rotatable bonds is 8. The third-order valence-corrected chi connectivity index (χ3v) is 2.69. The minimum absolute atomic E-state index is 0.130. The topological polar surface area (TPSA) is 70.0 Å². The summed E-state index contributed by atoms with van der Waals surface area (Å²) < 4.78 is 5.59. The lowest BCUT2D eigenvalue weighted by atomic mass is 10.2. The van der Waals surface area contributed by atoms with Gasteiger partial charge < -0.3 is 19.8 Å². The molecule has 0 unspecified atom stereocenters. The molecule has 1 aromatic rings. The molecular weight excluding hydrogens is 258 g/mol. The summed E-state index contributed by atoms with van der Waals surface area (Å²) in [5.41, 5.74) is 0.494. The lowest BCUT2D eigenvalue weighted by molar-refractivity contribution is 0.0684. The van der Waals surface area contributed by atoms with E-state index < -0.39 is 0 Å². The Morgan fingerprint density at radius 1 is 1.25 bits per heavy atom. The third-order valence-electron chi connectivity index (χ3n) is 2.69. The Bertz CT molecular complexity index is 414. The van der Waals surface area contributed by atoms with Crippen molar-refractivity contribution in [1.82, 2.24) is 4.90 Å². The van der Waals surface area contributed by atoms with Crippen molar-refractivity contribution in [3.8, 4) is 5.75 Å². The molecule has 0 radical (unpaired) electrons. The fraction of sp³-hybridized carbons (Fsp3) is 0.533. The van der Waals surface area contributed by atoms with Crippen LogP contribution in [0.4, 0.5) is 0 Å². The zero-order valence-corrected chi connectivity index (χ0v) is 12.1. The molecule has 0 saturated carbocycles. The van der Waals surface area contributed by atoms with Gasteiger partial charge in [-0.05, 0) is 24.1 Å². The lowest BCUT2D eigenvalue weighted by Gasteiger charge is -2.21. The summed E-state index contributed by atoms with van der Waals surface area (Å²) in [5.74, 6) is 0.843. The minimum atomic E-state index is -0.219. The Morgan fingerprint density at radius 3 is 2.45 bits per heavy atom. The molecule has 0 aliphatic carbocycles. The van der Waals surface area contributed by atoms with E-state index in [1.807, 2.05) is 6.07 Å². The predicted molar refractivity (Wildman–Crippen MR) is 76.9 cm³/mol. The van der Waals surface area contributed by atoms with Crippen molar-refractivity contribution in [2.24, 2.45) is 5.92 Å². The Morgan fingerprint density at radius 2 is 1.90 bits per heavy atom. The van der Waals surface area contributed by atoms with Crippen LogP contribution in [0.5, 0.6) is 5.75 Å². The van der Waals surface area contributed by atoms with Crippen LogP contribution in [0.1, 0.15) is 24.2 Å². The van der Waals surface area contributed by atoms with E-state index in [0.29, 0.717) is 23.8 Å². The van der Waals surface area contributed by atoms with Gasteiger partial charge in [-0.25, -0.2) is 0 Å². The molecule has 0 aliphatic rings. The number of carbonyl (C=O) groups excluding carboxylic acids is 1. The highest BCUT2D eigenvalue weighted by molar-refractivity contribution is 5.94. The number of hydrogen-bond acceptors (Lipinski definition) is 4. The molecule has 0 atom stereocenters. The van der Waals surface area contributed by atoms with Crippen LogP contribution < -0.4 is 4.74 Å². The second kappa shape index (κ2) is 8.55. The Labute approximate surface area is 119 Å². The van der Waals surface area contributed by atoms with Crippen LogP contribution in [-0.4, -0.2) is 53.9 Å². The maximum Gasteiger partial charge on any atom is 0.254 e. The second-order valence-electron chi connectivity index (χ2n) is 4.97. The first-order chi connectivity index (χ1) is 9.58. The summed E-state index contributed by atoms with van der Waals surface area (Å²) >= 11 is 0. The number of aliphatic hydroxyl groups excluding tert-OH is 2. The third kappa shape index (κ3) is 5.19. The molecule has 2 N–H and O–H groups in total. The molecule has 5 heteroatoms. The summed E-state index contributed by atoms with van der Waals surface area (Å²) in [4.78, 5) is 13.7. The van der Waals surface area contributed by atoms with Crippen molar-refractivity contribution in [3.05, 3.63) is 29.8 Å². The van der Waals surface area contributed by atoms with Crippen LogP contribution >= 0.6 is 0 Å². The molecule has 0 aromatic heterocycles. The first-order valence-corrected chi connectivity index (χ1v) is 6.82. The standard InChI is InChI=1S/C15H23NO4/c1-12(2)11-20-14-5-3-4-13(10-14)15(19)16(6-8-17)7-9-18/h3-5,10,12,17-18H,6-9,11H2,1-2H3. The quantitative estimate of drug-likeness (QED) is 0.750. The number of nitrogens with zero attached hydrogens (tertiary/aromatic N) is 1. The van der Waals surface area contributed by atoms with E-state index >= 15 is 0 Å². The molecule has 0 aliphatic heterocycles. The minimum Gasteiger partial charge on any atom is -0.493 e. The molecule has 20 heavy (non-hydrogen) atoms. The van der Waals surface area contributed by atoms with Gasteiger partial charge in [0.2, 0.25) is 0 Å². The zero-order chi connectivity index (χ0) is 15.0. The van der Waals surface area contributed by atoms with Crippen molar-refractivity contribution in [2.45, 2.75) is 13.8 Å². The highest BCUT2D eigenvalue weighted by atomic mass is 16.5. The molecule has 5 nitrogen and oxygen atoms in total. The van der Waals surface area contributed by atoms with Crippen molar-refractivity contribution in [1.29, 1.82) is 0 Å². The lowest BCUT2D eigenvalue weighted by Crippen LogP contribution is -2.35. The van der Waals surface area contributed by atoms with Gasteiger partial charge in [-0.15, -0.1) is 0 Å². The van der Waals surface area contributed by atoms with Crippen LogP contribution in [0, 0.1) is 5.92 Å². The van der Waals surface area contributed by atoms with Crippen LogP contribution in [0.25, 0.3) is 0 Å². The molecule has 0 saturated heterocycles. The van der Waals surface area contributed by atoms with Gasteiger partial charge in [0.05, 0.1) is 19.8 Å². The fourth-order valence-corrected chi connectivity index (χ4v) is 1.72. The average Bonchev–Trinajstić information content (AvgIpc) is 2.44. The summed E-state index contributed by atoms with van der Waals surface area (Å²) in [6, 6.07) is 6.96. The number of ether oxygens (including phenoxy) is 1. The van der Waals surface area contributed by atoms with Crippen molar-refractivity contribution < 1.29 is 19.7 Å². The highest BCUT2D eigenvalue weighted by Crippen LogP contribution is 2.16. The normalized spacial score (nSPS) is 10.7. The first-order valence-electron chi connectivity index (χ1n) is 6.82. The van der Waals surface area contributed by atoms with Gasteiger partial charge in [-0.3, -0.25) is 4.79 Å². The number of benzene rings is 1. The number of aliphatic hydroxyl groups is 2. The molecule has 0 bridgehead atoms. The smallest absolute Gasteiger partial charge is 0.254 e. The molecule has 0 fully saturated rings. The summed E-state index contributed by atoms with van der Waals surface area (Å²) in [7, 11) is 0. The van der Waals surface area contributed by atoms with Gasteiger partial charge in [0, 0.05) is 18.7 Å². The molecule has 0 heterocycles. The van der Waals surface area contributed by atoms with Gasteiger partial charge in [0.1, 0.15) is 5.75 Å². The highest BCUT2D eigenvalue weighted by Gasteiger charge is 2.15. The Balaban J connectivity index is 2.78. The second-order valence-corrected chi connectivity index (χ2v) is 4.97. The van der Waals surface area contributed by atoms with Crippen LogP contribution in [0.3, 0.4) is 0 Å². The van der Waals surface area contributed by atoms with Gasteiger partial charge in [-0.1, -0.05) is 19.9 Å². The average molecular weight is 281 g/mol. The molecule has 1 aromatic carbocycles. The monoisotopic (exact) mass is 281 g/mol. The summed E-state index contributed by atoms with van der Waals surface area (Å²) in [6.07, 6.45) is 0. The van der Waals surface area contributed by atoms with E-state index in [4.69, 9.17) is 14.9 Å². The maximum absolute atomic E-state index is 12.3. The summed E-state index contributed by atoms with van der Waals surface area (Å²) in [6.45, 7) is 4.85. The molecular formula is C15H23NO4. The van der Waals surface area contributed by atoms with Crippen molar-refractivity contribution in [3.63, 3.8) is 0 Å². The molecule has 0 spiro atoms. The van der Waals surface area contributed by atoms with Crippen molar-refractivity contribution in [2.75, 3.05) is 32.9 Å². The van der Waals surface area contributed by atoms with Gasteiger partial charge in [0.15, 0.2) is 0 Å². The fourth-order valence-electron chi connectivity index (χ4n) is 1.72. The van der Waals surface area contributed by atoms with Gasteiger partial charge in [-0.2, -0.15) is 0 Å². The van der Waals surface area contributed by atoms with E-state index in [0.717, 1.165) is 0 Å². The van der Waals surface area contributed by atoms with E-state index in [2.05, 4.69) is 13.8 Å². The largest absolute Gasteiger partial charge is 0.493 e. The summed E-state index contributed by atoms with van der Waals surface area (Å²) in [5, 5.41) is 17.9. The number of carbonyl (C=O) groups is 1. The Hall–Kier alpha value is -1.59. The Kier molecular flexibility index (Phi) is 7.04. The maximum atomic E-state index is 12.3. The molecule has 1 rings (SSSR count). The molecule has 112 valence electrons. The van der Waals surface area contributed by atoms with Crippen molar-refractivity contribution >= 4 is 5.91 Å². The molecule has 1 amide bonds. The van der Waals surface area contributed by atoms with Gasteiger partial charge in [0.25, 0.3) is 5.91 Å². The van der Waals surface area contributed by atoms with Gasteiger partial charge >= 0.3 is 0 Å². The van der Waals surface area contributed by atoms with Crippen LogP contribution in [0.2, 0.25) is 0 Å². The van der Waals surface area contributed by atoms with Crippen LogP contribution in [0.15, 0.2) is 24.3 Å². The van der Waals surface area contributed by atoms with E-state index in [1.54, 1.807) is 18.2 Å². The number of amides is 1. The zero-order valence-electron chi connectivity index (χ0n) is 12.1.